The van der Waals surface area contributed by atoms with Crippen LogP contribution in [0.25, 0.3) is 0 Å². The topological polar surface area (TPSA) is 64.6 Å². The minimum Gasteiger partial charge on any atom is -0.473 e. The SMILES string of the molecule is CCO[Si](CCC=COC=CCC[Si](OCC)(OCC)OCC)(OCC)OCC. The van der Waals surface area contributed by atoms with Crippen LogP contribution in [0.4, 0.5) is 0 Å². The smallest absolute Gasteiger partial charge is 0.473 e. The monoisotopic (exact) mass is 450 g/mol. The van der Waals surface area contributed by atoms with E-state index in [1.54, 1.807) is 12.5 Å². The van der Waals surface area contributed by atoms with Crippen LogP contribution in [-0.2, 0) is 31.3 Å². The zero-order valence-electron chi connectivity index (χ0n) is 19.2. The first-order chi connectivity index (χ1) is 14.1. The highest BCUT2D eigenvalue weighted by Crippen LogP contribution is 2.19. The molecule has 0 radical (unpaired) electrons. The molecule has 0 unspecified atom stereocenters. The Labute approximate surface area is 180 Å². The molecule has 0 atom stereocenters. The van der Waals surface area contributed by atoms with Gasteiger partial charge < -0.3 is 31.3 Å². The summed E-state index contributed by atoms with van der Waals surface area (Å²) in [4.78, 5) is 0. The molecule has 0 spiro atoms. The second-order valence-corrected chi connectivity index (χ2v) is 11.4. The highest BCUT2D eigenvalue weighted by Gasteiger charge is 2.40. The summed E-state index contributed by atoms with van der Waals surface area (Å²) in [6.07, 6.45) is 8.82. The van der Waals surface area contributed by atoms with Crippen LogP contribution in [0.3, 0.4) is 0 Å². The van der Waals surface area contributed by atoms with Crippen LogP contribution >= 0.6 is 0 Å². The second kappa shape index (κ2) is 18.3. The molecule has 172 valence electrons. The van der Waals surface area contributed by atoms with Crippen molar-refractivity contribution in [3.63, 3.8) is 0 Å². The average Bonchev–Trinajstić information content (AvgIpc) is 2.68. The van der Waals surface area contributed by atoms with Gasteiger partial charge in [-0.3, -0.25) is 0 Å². The van der Waals surface area contributed by atoms with Crippen molar-refractivity contribution in [3.8, 4) is 0 Å². The van der Waals surface area contributed by atoms with Crippen molar-refractivity contribution in [2.45, 2.75) is 66.5 Å². The molecule has 0 aliphatic rings. The maximum absolute atomic E-state index is 5.84. The van der Waals surface area contributed by atoms with Crippen LogP contribution in [0.1, 0.15) is 54.4 Å². The van der Waals surface area contributed by atoms with E-state index in [2.05, 4.69) is 0 Å². The molecule has 0 amide bonds. The van der Waals surface area contributed by atoms with Crippen molar-refractivity contribution < 1.29 is 31.3 Å². The number of hydrogen-bond acceptors (Lipinski definition) is 7. The van der Waals surface area contributed by atoms with E-state index in [9.17, 15) is 0 Å². The van der Waals surface area contributed by atoms with Gasteiger partial charge in [0, 0.05) is 51.7 Å². The molecule has 0 aliphatic carbocycles. The fraction of sp³-hybridized carbons (Fsp3) is 0.800. The van der Waals surface area contributed by atoms with Crippen molar-refractivity contribution in [1.82, 2.24) is 0 Å². The van der Waals surface area contributed by atoms with E-state index in [1.165, 1.54) is 0 Å². The van der Waals surface area contributed by atoms with Gasteiger partial charge in [0.2, 0.25) is 0 Å². The molecule has 0 N–H and O–H groups in total. The van der Waals surface area contributed by atoms with Crippen LogP contribution in [-0.4, -0.2) is 57.3 Å². The second-order valence-electron chi connectivity index (χ2n) is 5.92. The quantitative estimate of drug-likeness (QED) is 0.193. The van der Waals surface area contributed by atoms with Crippen molar-refractivity contribution >= 4 is 17.6 Å². The van der Waals surface area contributed by atoms with Gasteiger partial charge in [0.1, 0.15) is 0 Å². The van der Waals surface area contributed by atoms with Gasteiger partial charge in [-0.1, -0.05) is 0 Å². The summed E-state index contributed by atoms with van der Waals surface area (Å²) >= 11 is 0. The van der Waals surface area contributed by atoms with Gasteiger partial charge in [0.25, 0.3) is 0 Å². The summed E-state index contributed by atoms with van der Waals surface area (Å²) in [5.74, 6) is 0. The lowest BCUT2D eigenvalue weighted by atomic mass is 10.5. The van der Waals surface area contributed by atoms with Gasteiger partial charge in [0.15, 0.2) is 0 Å². The summed E-state index contributed by atoms with van der Waals surface area (Å²) in [5, 5.41) is 0. The normalized spacial score (nSPS) is 13.0. The van der Waals surface area contributed by atoms with Crippen molar-refractivity contribution in [2.24, 2.45) is 0 Å². The van der Waals surface area contributed by atoms with E-state index >= 15 is 0 Å². The molecule has 0 aromatic carbocycles. The molecule has 9 heteroatoms. The third-order valence-electron chi connectivity index (χ3n) is 3.77. The van der Waals surface area contributed by atoms with Crippen molar-refractivity contribution in [3.05, 3.63) is 24.7 Å². The number of hydrogen-bond donors (Lipinski definition) is 0. The summed E-state index contributed by atoms with van der Waals surface area (Å²) in [7, 11) is -5.17. The highest BCUT2D eigenvalue weighted by atomic mass is 28.4. The molecule has 0 aromatic rings. The fourth-order valence-electron chi connectivity index (χ4n) is 2.82. The molecule has 0 rings (SSSR count). The molecule has 0 bridgehead atoms. The summed E-state index contributed by atoms with van der Waals surface area (Å²) in [5.41, 5.74) is 0. The first-order valence-electron chi connectivity index (χ1n) is 10.9. The lowest BCUT2D eigenvalue weighted by molar-refractivity contribution is 0.0708. The Bertz CT molecular complexity index is 361. The van der Waals surface area contributed by atoms with E-state index in [0.29, 0.717) is 39.6 Å². The van der Waals surface area contributed by atoms with Gasteiger partial charge in [0.05, 0.1) is 12.5 Å². The van der Waals surface area contributed by atoms with Crippen LogP contribution in [0.5, 0.6) is 0 Å². The number of rotatable bonds is 20. The molecule has 0 aromatic heterocycles. The molecular formula is C20H42O7Si2. The van der Waals surface area contributed by atoms with E-state index in [-0.39, 0.29) is 0 Å². The van der Waals surface area contributed by atoms with Gasteiger partial charge in [-0.05, 0) is 66.5 Å². The van der Waals surface area contributed by atoms with Crippen LogP contribution in [0.2, 0.25) is 12.1 Å². The van der Waals surface area contributed by atoms with Crippen molar-refractivity contribution in [2.75, 3.05) is 39.6 Å². The predicted molar refractivity (Wildman–Crippen MR) is 119 cm³/mol. The summed E-state index contributed by atoms with van der Waals surface area (Å²) in [6, 6.07) is 1.47. The average molecular weight is 451 g/mol. The number of ether oxygens (including phenoxy) is 1. The Morgan fingerprint density at radius 3 is 1.00 bits per heavy atom. The minimum absolute atomic E-state index is 0.589. The van der Waals surface area contributed by atoms with Crippen LogP contribution < -0.4 is 0 Å². The van der Waals surface area contributed by atoms with Crippen molar-refractivity contribution in [1.29, 1.82) is 0 Å². The molecule has 0 heterocycles. The molecule has 0 fully saturated rings. The molecule has 0 saturated carbocycles. The largest absolute Gasteiger partial charge is 0.501 e. The van der Waals surface area contributed by atoms with Gasteiger partial charge >= 0.3 is 17.6 Å². The summed E-state index contributed by atoms with van der Waals surface area (Å²) in [6.45, 7) is 15.3. The Hall–Kier alpha value is -0.526. The Morgan fingerprint density at radius 1 is 0.483 bits per heavy atom. The van der Waals surface area contributed by atoms with E-state index in [0.717, 1.165) is 24.9 Å². The summed E-state index contributed by atoms with van der Waals surface area (Å²) < 4.78 is 40.5. The van der Waals surface area contributed by atoms with E-state index in [4.69, 9.17) is 31.3 Å². The standard InChI is InChI=1S/C20H42O7Si2/c1-7-22-28(23-8-2,24-9-3)19-15-13-17-21-18-14-16-20-29(25-10-4,26-11-5)27-12-6/h13-14,17-18H,7-12,15-16,19-20H2,1-6H3. The van der Waals surface area contributed by atoms with Crippen LogP contribution in [0.15, 0.2) is 24.7 Å². The lowest BCUT2D eigenvalue weighted by Crippen LogP contribution is -2.45. The van der Waals surface area contributed by atoms with Gasteiger partial charge in [-0.15, -0.1) is 0 Å². The minimum atomic E-state index is -2.58. The predicted octanol–water partition coefficient (Wildman–Crippen LogP) is 4.91. The zero-order chi connectivity index (χ0) is 21.8. The lowest BCUT2D eigenvalue weighted by Gasteiger charge is -2.28. The third kappa shape index (κ3) is 12.7. The Morgan fingerprint density at radius 2 is 0.759 bits per heavy atom. The van der Waals surface area contributed by atoms with Gasteiger partial charge in [-0.2, -0.15) is 0 Å². The molecular weight excluding hydrogens is 408 g/mol. The maximum atomic E-state index is 5.84. The highest BCUT2D eigenvalue weighted by molar-refractivity contribution is 6.61. The van der Waals surface area contributed by atoms with E-state index in [1.807, 2.05) is 53.7 Å². The first-order valence-corrected chi connectivity index (χ1v) is 14.7. The molecule has 7 nitrogen and oxygen atoms in total. The third-order valence-corrected chi connectivity index (χ3v) is 9.94. The molecule has 29 heavy (non-hydrogen) atoms. The fourth-order valence-corrected chi connectivity index (χ4v) is 7.86. The molecule has 0 saturated heterocycles. The van der Waals surface area contributed by atoms with Crippen LogP contribution in [0, 0.1) is 0 Å². The van der Waals surface area contributed by atoms with Gasteiger partial charge in [-0.25, -0.2) is 0 Å². The Kier molecular flexibility index (Phi) is 17.9. The van der Waals surface area contributed by atoms with E-state index < -0.39 is 17.6 Å². The zero-order valence-corrected chi connectivity index (χ0v) is 21.2. The maximum Gasteiger partial charge on any atom is 0.501 e. The Balaban J connectivity index is 4.38. The molecule has 0 aliphatic heterocycles. The first kappa shape index (κ1) is 28.5. The number of allylic oxidation sites excluding steroid dienone is 2.